The first kappa shape index (κ1) is 13.9. The molecule has 0 aliphatic carbocycles. The van der Waals surface area contributed by atoms with Crippen LogP contribution in [0.1, 0.15) is 25.3 Å². The Balaban J connectivity index is 1.65. The topological polar surface area (TPSA) is 21.3 Å². The maximum atomic E-state index is 5.88. The van der Waals surface area contributed by atoms with Crippen LogP contribution in [-0.4, -0.2) is 25.8 Å². The smallest absolute Gasteiger partial charge is 0.0495 e. The van der Waals surface area contributed by atoms with Gasteiger partial charge >= 0.3 is 0 Å². The van der Waals surface area contributed by atoms with Crippen molar-refractivity contribution in [2.24, 2.45) is 5.92 Å². The average Bonchev–Trinajstić information content (AvgIpc) is 2.85. The Kier molecular flexibility index (Phi) is 5.48. The summed E-state index contributed by atoms with van der Waals surface area (Å²) in [4.78, 5) is 0. The number of hydrogen-bond acceptors (Lipinski definition) is 2. The summed E-state index contributed by atoms with van der Waals surface area (Å²) < 4.78 is 5.38. The van der Waals surface area contributed by atoms with Crippen LogP contribution in [0.4, 0.5) is 0 Å². The molecule has 2 unspecified atom stereocenters. The molecule has 1 aromatic carbocycles. The number of ether oxygens (including phenoxy) is 1. The summed E-state index contributed by atoms with van der Waals surface area (Å²) in [5.41, 5.74) is 1.34. The summed E-state index contributed by atoms with van der Waals surface area (Å²) in [6.07, 6.45) is 3.51. The van der Waals surface area contributed by atoms with Crippen molar-refractivity contribution in [2.75, 3.05) is 19.8 Å². The third-order valence-corrected chi connectivity index (χ3v) is 3.78. The highest BCUT2D eigenvalue weighted by Crippen LogP contribution is 2.15. The quantitative estimate of drug-likeness (QED) is 0.854. The Morgan fingerprint density at radius 3 is 2.83 bits per heavy atom. The second-order valence-electron chi connectivity index (χ2n) is 5.20. The lowest BCUT2D eigenvalue weighted by molar-refractivity contribution is 0.184. The zero-order valence-corrected chi connectivity index (χ0v) is 11.7. The van der Waals surface area contributed by atoms with Crippen molar-refractivity contribution in [1.82, 2.24) is 5.32 Å². The molecule has 1 aromatic rings. The normalized spacial score (nSPS) is 21.1. The molecule has 1 fully saturated rings. The molecule has 0 aromatic heterocycles. The molecular formula is C15H22ClNO. The van der Waals surface area contributed by atoms with Gasteiger partial charge in [0.05, 0.1) is 0 Å². The Hall–Kier alpha value is -0.570. The molecule has 0 saturated carbocycles. The summed E-state index contributed by atoms with van der Waals surface area (Å²) in [5.74, 6) is 0.764. The first-order chi connectivity index (χ1) is 8.74. The summed E-state index contributed by atoms with van der Waals surface area (Å²) in [6.45, 7) is 5.22. The molecule has 0 amide bonds. The molecule has 3 heteroatoms. The van der Waals surface area contributed by atoms with Crippen LogP contribution in [0.3, 0.4) is 0 Å². The van der Waals surface area contributed by atoms with Crippen molar-refractivity contribution in [1.29, 1.82) is 0 Å². The molecule has 2 nitrogen and oxygen atoms in total. The number of halogens is 1. The monoisotopic (exact) mass is 267 g/mol. The minimum Gasteiger partial charge on any atom is -0.381 e. The van der Waals surface area contributed by atoms with E-state index in [2.05, 4.69) is 24.4 Å². The molecule has 0 radical (unpaired) electrons. The van der Waals surface area contributed by atoms with Crippen molar-refractivity contribution < 1.29 is 4.74 Å². The SMILES string of the molecule is CC(Cc1ccc(Cl)cc1)NCCC1CCOC1. The molecule has 1 heterocycles. The van der Waals surface area contributed by atoms with E-state index in [9.17, 15) is 0 Å². The van der Waals surface area contributed by atoms with Crippen LogP contribution in [0.5, 0.6) is 0 Å². The van der Waals surface area contributed by atoms with Gasteiger partial charge in [0, 0.05) is 24.3 Å². The van der Waals surface area contributed by atoms with E-state index < -0.39 is 0 Å². The zero-order valence-electron chi connectivity index (χ0n) is 11.0. The fourth-order valence-electron chi connectivity index (χ4n) is 2.39. The van der Waals surface area contributed by atoms with Gasteiger partial charge in [0.2, 0.25) is 0 Å². The number of hydrogen-bond donors (Lipinski definition) is 1. The van der Waals surface area contributed by atoms with Crippen LogP contribution in [0.2, 0.25) is 5.02 Å². The summed E-state index contributed by atoms with van der Waals surface area (Å²) in [5, 5.41) is 4.39. The molecule has 1 aliphatic heterocycles. The lowest BCUT2D eigenvalue weighted by atomic mass is 10.0. The molecule has 1 N–H and O–H groups in total. The van der Waals surface area contributed by atoms with Crippen LogP contribution >= 0.6 is 11.6 Å². The minimum atomic E-state index is 0.508. The Labute approximate surface area is 115 Å². The second kappa shape index (κ2) is 7.13. The van der Waals surface area contributed by atoms with Crippen molar-refractivity contribution in [2.45, 2.75) is 32.2 Å². The van der Waals surface area contributed by atoms with E-state index in [4.69, 9.17) is 16.3 Å². The third kappa shape index (κ3) is 4.60. The van der Waals surface area contributed by atoms with Gasteiger partial charge in [0.25, 0.3) is 0 Å². The highest BCUT2D eigenvalue weighted by atomic mass is 35.5. The average molecular weight is 268 g/mol. The van der Waals surface area contributed by atoms with Crippen LogP contribution in [0, 0.1) is 5.92 Å². The van der Waals surface area contributed by atoms with Gasteiger partial charge in [-0.15, -0.1) is 0 Å². The Bertz CT molecular complexity index is 346. The van der Waals surface area contributed by atoms with Gasteiger partial charge in [-0.05, 0) is 56.3 Å². The van der Waals surface area contributed by atoms with Gasteiger partial charge in [0.15, 0.2) is 0 Å². The van der Waals surface area contributed by atoms with Crippen LogP contribution in [0.15, 0.2) is 24.3 Å². The second-order valence-corrected chi connectivity index (χ2v) is 5.64. The maximum Gasteiger partial charge on any atom is 0.0495 e. The van der Waals surface area contributed by atoms with Crippen molar-refractivity contribution in [3.05, 3.63) is 34.9 Å². The highest BCUT2D eigenvalue weighted by Gasteiger charge is 2.15. The third-order valence-electron chi connectivity index (χ3n) is 3.52. The first-order valence-corrected chi connectivity index (χ1v) is 7.17. The van der Waals surface area contributed by atoms with Gasteiger partial charge in [-0.3, -0.25) is 0 Å². The lowest BCUT2D eigenvalue weighted by Crippen LogP contribution is -2.30. The van der Waals surface area contributed by atoms with Crippen LogP contribution < -0.4 is 5.32 Å². The van der Waals surface area contributed by atoms with Gasteiger partial charge in [-0.1, -0.05) is 23.7 Å². The van der Waals surface area contributed by atoms with E-state index in [1.807, 2.05) is 12.1 Å². The first-order valence-electron chi connectivity index (χ1n) is 6.79. The molecule has 100 valence electrons. The Morgan fingerprint density at radius 2 is 2.17 bits per heavy atom. The van der Waals surface area contributed by atoms with Gasteiger partial charge in [-0.2, -0.15) is 0 Å². The summed E-state index contributed by atoms with van der Waals surface area (Å²) in [6, 6.07) is 8.63. The molecule has 2 atom stereocenters. The number of rotatable bonds is 6. The fourth-order valence-corrected chi connectivity index (χ4v) is 2.52. The molecule has 18 heavy (non-hydrogen) atoms. The highest BCUT2D eigenvalue weighted by molar-refractivity contribution is 6.30. The minimum absolute atomic E-state index is 0.508. The molecule has 1 aliphatic rings. The van der Waals surface area contributed by atoms with E-state index in [1.165, 1.54) is 18.4 Å². The van der Waals surface area contributed by atoms with Gasteiger partial charge < -0.3 is 10.1 Å². The largest absolute Gasteiger partial charge is 0.381 e. The lowest BCUT2D eigenvalue weighted by Gasteiger charge is -2.15. The standard InChI is InChI=1S/C15H22ClNO/c1-12(10-13-2-4-15(16)5-3-13)17-8-6-14-7-9-18-11-14/h2-5,12,14,17H,6-11H2,1H3. The van der Waals surface area contributed by atoms with Crippen molar-refractivity contribution in [3.63, 3.8) is 0 Å². The molecule has 2 rings (SSSR count). The fraction of sp³-hybridized carbons (Fsp3) is 0.600. The van der Waals surface area contributed by atoms with Crippen molar-refractivity contribution >= 4 is 11.6 Å². The van der Waals surface area contributed by atoms with Crippen LogP contribution in [0.25, 0.3) is 0 Å². The van der Waals surface area contributed by atoms with Gasteiger partial charge in [0.1, 0.15) is 0 Å². The molecule has 0 bridgehead atoms. The van der Waals surface area contributed by atoms with E-state index in [1.54, 1.807) is 0 Å². The van der Waals surface area contributed by atoms with E-state index in [-0.39, 0.29) is 0 Å². The van der Waals surface area contributed by atoms with Crippen molar-refractivity contribution in [3.8, 4) is 0 Å². The van der Waals surface area contributed by atoms with E-state index >= 15 is 0 Å². The zero-order chi connectivity index (χ0) is 12.8. The Morgan fingerprint density at radius 1 is 1.39 bits per heavy atom. The molecule has 0 spiro atoms. The van der Waals surface area contributed by atoms with E-state index in [0.717, 1.165) is 37.1 Å². The predicted molar refractivity (Wildman–Crippen MR) is 76.2 cm³/mol. The molecular weight excluding hydrogens is 246 g/mol. The summed E-state index contributed by atoms with van der Waals surface area (Å²) in [7, 11) is 0. The maximum absolute atomic E-state index is 5.88. The summed E-state index contributed by atoms with van der Waals surface area (Å²) >= 11 is 5.88. The van der Waals surface area contributed by atoms with Gasteiger partial charge in [-0.25, -0.2) is 0 Å². The van der Waals surface area contributed by atoms with Crippen LogP contribution in [-0.2, 0) is 11.2 Å². The number of benzene rings is 1. The predicted octanol–water partition coefficient (Wildman–Crippen LogP) is 3.29. The van der Waals surface area contributed by atoms with E-state index in [0.29, 0.717) is 6.04 Å². The molecule has 1 saturated heterocycles. The number of nitrogens with one attached hydrogen (secondary N) is 1.